The lowest BCUT2D eigenvalue weighted by Crippen LogP contribution is -2.25. The summed E-state index contributed by atoms with van der Waals surface area (Å²) >= 11 is 0. The van der Waals surface area contributed by atoms with Gasteiger partial charge in [0.25, 0.3) is 0 Å². The molecule has 0 saturated heterocycles. The molecule has 0 N–H and O–H groups in total. The average molecular weight is 417 g/mol. The number of hydrogen-bond donors (Lipinski definition) is 0. The lowest BCUT2D eigenvalue weighted by atomic mass is 10.2. The van der Waals surface area contributed by atoms with E-state index in [4.69, 9.17) is 4.52 Å². The van der Waals surface area contributed by atoms with Crippen molar-refractivity contribution >= 4 is 9.84 Å². The Kier molecular flexibility index (Phi) is 6.54. The van der Waals surface area contributed by atoms with E-state index >= 15 is 0 Å². The van der Waals surface area contributed by atoms with Gasteiger partial charge in [-0.3, -0.25) is 4.90 Å². The fraction of sp³-hybridized carbons (Fsp3) is 0.429. The van der Waals surface area contributed by atoms with Crippen LogP contribution in [0, 0.1) is 5.92 Å². The van der Waals surface area contributed by atoms with E-state index in [9.17, 15) is 8.42 Å². The van der Waals surface area contributed by atoms with Crippen LogP contribution in [0.4, 0.5) is 0 Å². The highest BCUT2D eigenvalue weighted by Gasteiger charge is 2.26. The van der Waals surface area contributed by atoms with Gasteiger partial charge < -0.3 is 9.09 Å². The van der Waals surface area contributed by atoms with E-state index in [2.05, 4.69) is 15.0 Å². The Labute approximate surface area is 172 Å². The minimum Gasteiger partial charge on any atom is -0.364 e. The van der Waals surface area contributed by atoms with Crippen LogP contribution in [0.3, 0.4) is 0 Å². The van der Waals surface area contributed by atoms with Crippen LogP contribution in [0.2, 0.25) is 0 Å². The zero-order chi connectivity index (χ0) is 21.0. The van der Waals surface area contributed by atoms with Gasteiger partial charge in [-0.05, 0) is 25.5 Å². The number of rotatable bonds is 9. The maximum atomic E-state index is 13.0. The fourth-order valence-corrected chi connectivity index (χ4v) is 5.03. The monoisotopic (exact) mass is 416 g/mol. The van der Waals surface area contributed by atoms with Crippen molar-refractivity contribution in [2.75, 3.05) is 12.8 Å². The summed E-state index contributed by atoms with van der Waals surface area (Å²) < 4.78 is 32.7. The van der Waals surface area contributed by atoms with Gasteiger partial charge in [0.05, 0.1) is 30.2 Å². The molecule has 0 fully saturated rings. The van der Waals surface area contributed by atoms with Crippen molar-refractivity contribution < 1.29 is 12.9 Å². The molecule has 8 heteroatoms. The SMILES string of the molecule is CC(C)CS(=O)(=O)c1ncc(CN(C)[C@@H](C)c2ccon2)n1Cc1ccccc1. The first-order chi connectivity index (χ1) is 13.8. The molecular formula is C21H28N4O3S. The van der Waals surface area contributed by atoms with E-state index in [0.717, 1.165) is 17.0 Å². The number of sulfone groups is 1. The third-order valence-electron chi connectivity index (χ3n) is 4.87. The molecule has 1 atom stereocenters. The van der Waals surface area contributed by atoms with Gasteiger partial charge >= 0.3 is 0 Å². The Balaban J connectivity index is 1.94. The number of hydrogen-bond acceptors (Lipinski definition) is 6. The van der Waals surface area contributed by atoms with Gasteiger partial charge in [-0.15, -0.1) is 0 Å². The topological polar surface area (TPSA) is 81.2 Å². The number of benzene rings is 1. The van der Waals surface area contributed by atoms with Gasteiger partial charge in [0.1, 0.15) is 12.0 Å². The summed E-state index contributed by atoms with van der Waals surface area (Å²) in [7, 11) is -1.51. The van der Waals surface area contributed by atoms with Crippen molar-refractivity contribution in [3.63, 3.8) is 0 Å². The second-order valence-electron chi connectivity index (χ2n) is 7.79. The first kappa shape index (κ1) is 21.3. The molecule has 0 amide bonds. The van der Waals surface area contributed by atoms with Gasteiger partial charge in [-0.25, -0.2) is 13.4 Å². The highest BCUT2D eigenvalue weighted by molar-refractivity contribution is 7.91. The van der Waals surface area contributed by atoms with Gasteiger partial charge in [-0.2, -0.15) is 0 Å². The Morgan fingerprint density at radius 2 is 1.86 bits per heavy atom. The van der Waals surface area contributed by atoms with E-state index in [1.807, 2.05) is 68.8 Å². The quantitative estimate of drug-likeness (QED) is 0.531. The van der Waals surface area contributed by atoms with Crippen molar-refractivity contribution in [3.8, 4) is 0 Å². The van der Waals surface area contributed by atoms with Crippen LogP contribution in [0.15, 0.2) is 58.5 Å². The van der Waals surface area contributed by atoms with E-state index in [0.29, 0.717) is 13.1 Å². The van der Waals surface area contributed by atoms with Crippen molar-refractivity contribution in [2.45, 2.75) is 45.1 Å². The molecule has 0 aliphatic rings. The number of nitrogens with zero attached hydrogens (tertiary/aromatic N) is 4. The van der Waals surface area contributed by atoms with Crippen LogP contribution in [0.5, 0.6) is 0 Å². The highest BCUT2D eigenvalue weighted by Crippen LogP contribution is 2.22. The molecule has 3 rings (SSSR count). The minimum absolute atomic E-state index is 0.0181. The summed E-state index contributed by atoms with van der Waals surface area (Å²) in [5.74, 6) is 0.101. The molecule has 0 aliphatic heterocycles. The Morgan fingerprint density at radius 1 is 1.14 bits per heavy atom. The lowest BCUT2D eigenvalue weighted by Gasteiger charge is -2.23. The number of imidazole rings is 1. The van der Waals surface area contributed by atoms with Crippen LogP contribution < -0.4 is 0 Å². The number of aromatic nitrogens is 3. The maximum Gasteiger partial charge on any atom is 0.228 e. The molecule has 0 unspecified atom stereocenters. The summed E-state index contributed by atoms with van der Waals surface area (Å²) in [4.78, 5) is 6.42. The molecule has 0 bridgehead atoms. The second kappa shape index (κ2) is 8.92. The molecule has 2 heterocycles. The van der Waals surface area contributed by atoms with Crippen LogP contribution in [-0.4, -0.2) is 40.8 Å². The van der Waals surface area contributed by atoms with Crippen LogP contribution in [0.1, 0.15) is 43.8 Å². The van der Waals surface area contributed by atoms with Crippen LogP contribution in [0.25, 0.3) is 0 Å². The van der Waals surface area contributed by atoms with Crippen molar-refractivity contribution in [1.82, 2.24) is 19.6 Å². The van der Waals surface area contributed by atoms with Gasteiger partial charge in [-0.1, -0.05) is 49.3 Å². The smallest absolute Gasteiger partial charge is 0.228 e. The van der Waals surface area contributed by atoms with Gasteiger partial charge in [0.2, 0.25) is 15.0 Å². The molecule has 0 saturated carbocycles. The van der Waals surface area contributed by atoms with Crippen LogP contribution in [-0.2, 0) is 22.9 Å². The Hall–Kier alpha value is -2.45. The predicted octanol–water partition coefficient (Wildman–Crippen LogP) is 3.54. The molecule has 29 heavy (non-hydrogen) atoms. The molecule has 0 aliphatic carbocycles. The summed E-state index contributed by atoms with van der Waals surface area (Å²) in [6.07, 6.45) is 3.22. The standard InChI is InChI=1S/C21H28N4O3S/c1-16(2)15-29(26,27)21-22-12-19(25(21)13-18-8-6-5-7-9-18)14-24(4)17(3)20-10-11-28-23-20/h5-12,16-17H,13-15H2,1-4H3/t17-/m0/s1. The normalized spacial score (nSPS) is 13.3. The molecule has 3 aromatic rings. The first-order valence-electron chi connectivity index (χ1n) is 9.69. The van der Waals surface area contributed by atoms with Crippen molar-refractivity contribution in [1.29, 1.82) is 0 Å². The molecule has 1 aromatic carbocycles. The largest absolute Gasteiger partial charge is 0.364 e. The van der Waals surface area contributed by atoms with E-state index in [-0.39, 0.29) is 22.9 Å². The fourth-order valence-electron chi connectivity index (χ4n) is 3.27. The van der Waals surface area contributed by atoms with Crippen molar-refractivity contribution in [2.24, 2.45) is 5.92 Å². The minimum atomic E-state index is -3.48. The summed E-state index contributed by atoms with van der Waals surface area (Å²) in [5.41, 5.74) is 2.70. The lowest BCUT2D eigenvalue weighted by molar-refractivity contribution is 0.235. The van der Waals surface area contributed by atoms with Crippen molar-refractivity contribution in [3.05, 3.63) is 65.8 Å². The highest BCUT2D eigenvalue weighted by atomic mass is 32.2. The van der Waals surface area contributed by atoms with E-state index in [1.54, 1.807) is 12.5 Å². The predicted molar refractivity (Wildman–Crippen MR) is 111 cm³/mol. The Bertz CT molecular complexity index is 1010. The molecule has 0 spiro atoms. The average Bonchev–Trinajstić information content (AvgIpc) is 3.32. The first-order valence-corrected chi connectivity index (χ1v) is 11.3. The van der Waals surface area contributed by atoms with Crippen LogP contribution >= 0.6 is 0 Å². The summed E-state index contributed by atoms with van der Waals surface area (Å²) in [6.45, 7) is 6.82. The molecule has 156 valence electrons. The summed E-state index contributed by atoms with van der Waals surface area (Å²) in [5, 5.41) is 4.14. The van der Waals surface area contributed by atoms with E-state index in [1.165, 1.54) is 0 Å². The maximum absolute atomic E-state index is 13.0. The van der Waals surface area contributed by atoms with E-state index < -0.39 is 9.84 Å². The zero-order valence-electron chi connectivity index (χ0n) is 17.3. The van der Waals surface area contributed by atoms with Gasteiger partial charge in [0.15, 0.2) is 0 Å². The molecule has 2 aromatic heterocycles. The second-order valence-corrected chi connectivity index (χ2v) is 9.72. The molecule has 7 nitrogen and oxygen atoms in total. The third kappa shape index (κ3) is 5.13. The Morgan fingerprint density at radius 3 is 2.48 bits per heavy atom. The molecular weight excluding hydrogens is 388 g/mol. The van der Waals surface area contributed by atoms with Gasteiger partial charge in [0, 0.05) is 12.6 Å². The third-order valence-corrected chi connectivity index (χ3v) is 6.86. The summed E-state index contributed by atoms with van der Waals surface area (Å²) in [6, 6.07) is 11.7. The molecule has 0 radical (unpaired) electrons. The zero-order valence-corrected chi connectivity index (χ0v) is 18.1.